The zero-order valence-corrected chi connectivity index (χ0v) is 21.2. The van der Waals surface area contributed by atoms with Gasteiger partial charge in [-0.3, -0.25) is 24.0 Å². The highest BCUT2D eigenvalue weighted by Crippen LogP contribution is 2.11. The first kappa shape index (κ1) is 31.5. The number of carboxylic acid groups (broad SMARTS) is 1. The Hall–Kier alpha value is -3.51. The number of carbonyl (C=O) groups excluding carboxylic acids is 4. The number of aliphatic hydroxyl groups excluding tert-OH is 1. The van der Waals surface area contributed by atoms with Crippen LogP contribution in [0.25, 0.3) is 0 Å². The van der Waals surface area contributed by atoms with E-state index < -0.39 is 54.3 Å². The average molecular weight is 522 g/mol. The smallest absolute Gasteiger partial charge is 0.306 e. The lowest BCUT2D eigenvalue weighted by Crippen LogP contribution is -2.56. The Morgan fingerprint density at radius 3 is 2.16 bits per heavy atom. The van der Waals surface area contributed by atoms with Crippen LogP contribution in [0.4, 0.5) is 0 Å². The number of nitrogens with two attached hydrogens (primary N) is 2. The molecule has 1 aromatic rings. The highest BCUT2D eigenvalue weighted by molar-refractivity contribution is 5.92. The van der Waals surface area contributed by atoms with Crippen LogP contribution in [0.3, 0.4) is 0 Å². The number of aliphatic hydroxyl groups is 1. The third-order valence-electron chi connectivity index (χ3n) is 5.92. The second kappa shape index (κ2) is 17.0. The maximum absolute atomic E-state index is 12.7. The first-order valence-corrected chi connectivity index (χ1v) is 12.4. The van der Waals surface area contributed by atoms with Gasteiger partial charge < -0.3 is 37.6 Å². The van der Waals surface area contributed by atoms with Crippen molar-refractivity contribution in [1.29, 1.82) is 0 Å². The van der Waals surface area contributed by atoms with Crippen molar-refractivity contribution < 1.29 is 34.2 Å². The summed E-state index contributed by atoms with van der Waals surface area (Å²) < 4.78 is 0. The molecule has 0 radical (unpaired) electrons. The maximum atomic E-state index is 12.7. The molecular weight excluding hydrogens is 482 g/mol. The van der Waals surface area contributed by atoms with Gasteiger partial charge in [0.2, 0.25) is 23.6 Å². The molecule has 12 nitrogen and oxygen atoms in total. The SMILES string of the molecule is CCC(CCC(=O)NCCCCC(N)C(=O)NC(Cc1ccccc1)C(=O)NC(CO)C(N)=O)C(=O)O. The van der Waals surface area contributed by atoms with Gasteiger partial charge in [0.15, 0.2) is 0 Å². The van der Waals surface area contributed by atoms with Gasteiger partial charge in [-0.05, 0) is 37.7 Å². The molecule has 4 amide bonds. The van der Waals surface area contributed by atoms with Crippen molar-refractivity contribution in [3.05, 3.63) is 35.9 Å². The Labute approximate surface area is 216 Å². The van der Waals surface area contributed by atoms with Crippen LogP contribution in [-0.2, 0) is 30.4 Å². The standard InChI is InChI=1S/C25H39N5O7/c1-2-17(25(36)37)11-12-21(32)28-13-7-6-10-18(26)23(34)29-19(14-16-8-4-3-5-9-16)24(35)30-20(15-31)22(27)33/h3-5,8-9,17-20,31H,2,6-7,10-15,26H2,1H3,(H2,27,33)(H,28,32)(H,29,34)(H,30,35)(H,36,37). The van der Waals surface area contributed by atoms with Crippen LogP contribution < -0.4 is 27.4 Å². The van der Waals surface area contributed by atoms with Gasteiger partial charge in [-0.1, -0.05) is 37.3 Å². The van der Waals surface area contributed by atoms with E-state index in [1.807, 2.05) is 6.07 Å². The molecule has 1 rings (SSSR count). The molecule has 0 aromatic heterocycles. The summed E-state index contributed by atoms with van der Waals surface area (Å²) in [5.41, 5.74) is 11.9. The van der Waals surface area contributed by atoms with E-state index in [0.717, 1.165) is 5.56 Å². The number of primary amides is 1. The molecule has 0 heterocycles. The van der Waals surface area contributed by atoms with Crippen LogP contribution in [0.15, 0.2) is 30.3 Å². The fourth-order valence-electron chi connectivity index (χ4n) is 3.56. The van der Waals surface area contributed by atoms with Crippen LogP contribution in [-0.4, -0.2) is 71.1 Å². The second-order valence-electron chi connectivity index (χ2n) is 8.83. The predicted octanol–water partition coefficient (Wildman–Crippen LogP) is -0.819. The molecule has 37 heavy (non-hydrogen) atoms. The highest BCUT2D eigenvalue weighted by Gasteiger charge is 2.27. The summed E-state index contributed by atoms with van der Waals surface area (Å²) in [5, 5.41) is 26.0. The molecule has 0 saturated carbocycles. The third kappa shape index (κ3) is 12.3. The van der Waals surface area contributed by atoms with Crippen LogP contribution in [0.1, 0.15) is 51.0 Å². The molecule has 0 saturated heterocycles. The van der Waals surface area contributed by atoms with Gasteiger partial charge in [0.05, 0.1) is 18.6 Å². The number of hydrogen-bond acceptors (Lipinski definition) is 7. The van der Waals surface area contributed by atoms with Crippen molar-refractivity contribution in [1.82, 2.24) is 16.0 Å². The van der Waals surface area contributed by atoms with Crippen molar-refractivity contribution in [2.75, 3.05) is 13.2 Å². The van der Waals surface area contributed by atoms with E-state index in [1.54, 1.807) is 31.2 Å². The third-order valence-corrected chi connectivity index (χ3v) is 5.92. The molecule has 1 aromatic carbocycles. The molecule has 12 heteroatoms. The lowest BCUT2D eigenvalue weighted by Gasteiger charge is -2.23. The summed E-state index contributed by atoms with van der Waals surface area (Å²) in [6, 6.07) is 5.69. The molecule has 0 aliphatic carbocycles. The van der Waals surface area contributed by atoms with Gasteiger partial charge >= 0.3 is 5.97 Å². The van der Waals surface area contributed by atoms with E-state index in [0.29, 0.717) is 32.2 Å². The monoisotopic (exact) mass is 521 g/mol. The molecule has 4 unspecified atom stereocenters. The molecule has 0 fully saturated rings. The van der Waals surface area contributed by atoms with Crippen molar-refractivity contribution in [3.63, 3.8) is 0 Å². The zero-order chi connectivity index (χ0) is 27.8. The molecule has 0 aliphatic heterocycles. The minimum atomic E-state index is -1.29. The fourth-order valence-corrected chi connectivity index (χ4v) is 3.56. The van der Waals surface area contributed by atoms with E-state index >= 15 is 0 Å². The quantitative estimate of drug-likeness (QED) is 0.121. The summed E-state index contributed by atoms with van der Waals surface area (Å²) in [6.45, 7) is 1.45. The number of carbonyl (C=O) groups is 5. The predicted molar refractivity (Wildman–Crippen MR) is 136 cm³/mol. The molecule has 206 valence electrons. The normalized spacial score (nSPS) is 14.0. The van der Waals surface area contributed by atoms with Gasteiger partial charge in [-0.15, -0.1) is 0 Å². The molecule has 0 bridgehead atoms. The Morgan fingerprint density at radius 2 is 1.59 bits per heavy atom. The van der Waals surface area contributed by atoms with E-state index in [2.05, 4.69) is 16.0 Å². The molecule has 4 atom stereocenters. The first-order chi connectivity index (χ1) is 17.6. The van der Waals surface area contributed by atoms with Crippen molar-refractivity contribution in [2.24, 2.45) is 17.4 Å². The van der Waals surface area contributed by atoms with E-state index in [9.17, 15) is 29.1 Å². The number of hydrogen-bond donors (Lipinski definition) is 7. The largest absolute Gasteiger partial charge is 0.481 e. The van der Waals surface area contributed by atoms with E-state index in [4.69, 9.17) is 16.6 Å². The van der Waals surface area contributed by atoms with E-state index in [1.165, 1.54) is 0 Å². The summed E-state index contributed by atoms with van der Waals surface area (Å²) in [7, 11) is 0. The molecule has 9 N–H and O–H groups in total. The maximum Gasteiger partial charge on any atom is 0.306 e. The van der Waals surface area contributed by atoms with Gasteiger partial charge in [0.1, 0.15) is 12.1 Å². The van der Waals surface area contributed by atoms with Crippen LogP contribution in [0.5, 0.6) is 0 Å². The first-order valence-electron chi connectivity index (χ1n) is 12.4. The van der Waals surface area contributed by atoms with Crippen molar-refractivity contribution in [2.45, 2.75) is 70.0 Å². The molecular formula is C25H39N5O7. The van der Waals surface area contributed by atoms with Crippen LogP contribution >= 0.6 is 0 Å². The van der Waals surface area contributed by atoms with Gasteiger partial charge in [-0.2, -0.15) is 0 Å². The highest BCUT2D eigenvalue weighted by atomic mass is 16.4. The second-order valence-corrected chi connectivity index (χ2v) is 8.83. The van der Waals surface area contributed by atoms with Crippen molar-refractivity contribution in [3.8, 4) is 0 Å². The summed E-state index contributed by atoms with van der Waals surface area (Å²) in [4.78, 5) is 59.7. The molecule has 0 aliphatic rings. The van der Waals surface area contributed by atoms with Gasteiger partial charge in [0.25, 0.3) is 0 Å². The summed E-state index contributed by atoms with van der Waals surface area (Å²) in [6.07, 6.45) is 2.40. The minimum absolute atomic E-state index is 0.129. The summed E-state index contributed by atoms with van der Waals surface area (Å²) in [5.74, 6) is -3.82. The number of carboxylic acids is 1. The van der Waals surface area contributed by atoms with Gasteiger partial charge in [-0.25, -0.2) is 0 Å². The zero-order valence-electron chi connectivity index (χ0n) is 21.2. The Bertz CT molecular complexity index is 897. The Kier molecular flexibility index (Phi) is 14.5. The number of benzene rings is 1. The topological polar surface area (TPSA) is 214 Å². The number of unbranched alkanes of at least 4 members (excludes halogenated alkanes) is 1. The van der Waals surface area contributed by atoms with Crippen LogP contribution in [0, 0.1) is 5.92 Å². The fraction of sp³-hybridized carbons (Fsp3) is 0.560. The number of amides is 4. The summed E-state index contributed by atoms with van der Waals surface area (Å²) >= 11 is 0. The molecule has 0 spiro atoms. The Morgan fingerprint density at radius 1 is 0.946 bits per heavy atom. The number of rotatable bonds is 18. The minimum Gasteiger partial charge on any atom is -0.481 e. The van der Waals surface area contributed by atoms with Crippen molar-refractivity contribution >= 4 is 29.6 Å². The van der Waals surface area contributed by atoms with Crippen LogP contribution in [0.2, 0.25) is 0 Å². The van der Waals surface area contributed by atoms with Gasteiger partial charge in [0, 0.05) is 19.4 Å². The number of aliphatic carboxylic acids is 1. The average Bonchev–Trinajstić information content (AvgIpc) is 2.86. The number of nitrogens with one attached hydrogen (secondary N) is 3. The Balaban J connectivity index is 2.53. The lowest BCUT2D eigenvalue weighted by molar-refractivity contribution is -0.142. The lowest BCUT2D eigenvalue weighted by atomic mass is 10.0. The van der Waals surface area contributed by atoms with E-state index in [-0.39, 0.29) is 25.2 Å².